The molecule has 0 aromatic carbocycles. The molecule has 0 radical (unpaired) electrons. The summed E-state index contributed by atoms with van der Waals surface area (Å²) in [7, 11) is -3.51. The molecule has 9 nitrogen and oxygen atoms in total. The molecule has 1 aromatic rings. The van der Waals surface area contributed by atoms with Crippen molar-refractivity contribution >= 4 is 57.2 Å². The van der Waals surface area contributed by atoms with E-state index in [9.17, 15) is 18.3 Å². The fraction of sp³-hybridized carbons (Fsp3) is 0.667. The topological polar surface area (TPSA) is 120 Å². The monoisotopic (exact) mass is 574 g/mol. The van der Waals surface area contributed by atoms with Crippen LogP contribution in [0.3, 0.4) is 0 Å². The second kappa shape index (κ2) is 13.3. The first kappa shape index (κ1) is 26.9. The molecule has 2 heterocycles. The van der Waals surface area contributed by atoms with Gasteiger partial charge in [0.1, 0.15) is 4.21 Å². The number of sulfone groups is 1. The lowest BCUT2D eigenvalue weighted by Crippen LogP contribution is -2.50. The Labute approximate surface area is 199 Å². The van der Waals surface area contributed by atoms with E-state index >= 15 is 0 Å². The van der Waals surface area contributed by atoms with Crippen LogP contribution in [0, 0.1) is 0 Å². The first-order valence-electron chi connectivity index (χ1n) is 9.76. The molecule has 1 unspecified atom stereocenters. The molecule has 0 spiro atoms. The van der Waals surface area contributed by atoms with Crippen LogP contribution in [0.25, 0.3) is 0 Å². The number of aliphatic imine (C=N–C) groups is 1. The van der Waals surface area contributed by atoms with Crippen molar-refractivity contribution in [2.45, 2.75) is 43.0 Å². The number of piperidine rings is 1. The average Bonchev–Trinajstić information content (AvgIpc) is 3.23. The van der Waals surface area contributed by atoms with Gasteiger partial charge < -0.3 is 25.4 Å². The molecular formula is C18H31IN4O5S2. The summed E-state index contributed by atoms with van der Waals surface area (Å²) in [6, 6.07) is 3.33. The summed E-state index contributed by atoms with van der Waals surface area (Å²) in [4.78, 5) is 17.8. The number of aliphatic hydroxyl groups is 1. The third-order valence-corrected chi connectivity index (χ3v) is 7.66. The van der Waals surface area contributed by atoms with Gasteiger partial charge in [0.15, 0.2) is 15.8 Å². The Balaban J connectivity index is 0.00000450. The smallest absolute Gasteiger partial charge is 0.409 e. The van der Waals surface area contributed by atoms with E-state index in [4.69, 9.17) is 4.74 Å². The zero-order valence-corrected chi connectivity index (χ0v) is 21.2. The van der Waals surface area contributed by atoms with Gasteiger partial charge in [0, 0.05) is 25.7 Å². The summed E-state index contributed by atoms with van der Waals surface area (Å²) in [5, 5.41) is 18.3. The summed E-state index contributed by atoms with van der Waals surface area (Å²) >= 11 is 1.14. The van der Waals surface area contributed by atoms with Crippen LogP contribution in [0.1, 0.15) is 26.7 Å². The summed E-state index contributed by atoms with van der Waals surface area (Å²) in [5.41, 5.74) is 0. The van der Waals surface area contributed by atoms with E-state index in [2.05, 4.69) is 15.6 Å². The zero-order valence-electron chi connectivity index (χ0n) is 17.2. The van der Waals surface area contributed by atoms with Gasteiger partial charge in [-0.15, -0.1) is 35.3 Å². The first-order valence-corrected chi connectivity index (χ1v) is 12.3. The van der Waals surface area contributed by atoms with Crippen molar-refractivity contribution in [2.24, 2.45) is 4.99 Å². The van der Waals surface area contributed by atoms with E-state index in [0.717, 1.165) is 24.2 Å². The number of ether oxygens (including phenoxy) is 1. The van der Waals surface area contributed by atoms with Crippen molar-refractivity contribution in [3.05, 3.63) is 17.5 Å². The van der Waals surface area contributed by atoms with Crippen LogP contribution >= 0.6 is 35.3 Å². The van der Waals surface area contributed by atoms with Gasteiger partial charge >= 0.3 is 6.09 Å². The Hall–Kier alpha value is -1.12. The quantitative estimate of drug-likeness (QED) is 0.246. The number of guanidine groups is 1. The maximum Gasteiger partial charge on any atom is 0.409 e. The van der Waals surface area contributed by atoms with Gasteiger partial charge in [-0.25, -0.2) is 13.2 Å². The van der Waals surface area contributed by atoms with E-state index in [1.54, 1.807) is 23.3 Å². The largest absolute Gasteiger partial charge is 0.450 e. The number of aliphatic hydroxyl groups excluding tert-OH is 1. The fourth-order valence-corrected chi connectivity index (χ4v) is 5.43. The Morgan fingerprint density at radius 2 is 2.10 bits per heavy atom. The van der Waals surface area contributed by atoms with Crippen LogP contribution in [-0.4, -0.2) is 81.2 Å². The number of hydrogen-bond acceptors (Lipinski definition) is 7. The number of nitrogens with one attached hydrogen (secondary N) is 2. The van der Waals surface area contributed by atoms with E-state index in [0.29, 0.717) is 32.2 Å². The second-order valence-electron chi connectivity index (χ2n) is 6.69. The van der Waals surface area contributed by atoms with Gasteiger partial charge in [0.05, 0.1) is 25.0 Å². The molecule has 0 aliphatic carbocycles. The van der Waals surface area contributed by atoms with Gasteiger partial charge in [-0.3, -0.25) is 4.99 Å². The standard InChI is InChI=1S/C18H30N4O5S2.HI/c1-3-19-17(21-14-7-9-22(10-8-14)18(24)27-4-2)20-12-15(23)13-29(25,26)16-6-5-11-28-16;/h5-6,11,14-15,23H,3-4,7-10,12-13H2,1-2H3,(H2,19,20,21);1H. The summed E-state index contributed by atoms with van der Waals surface area (Å²) in [6.07, 6.45) is 0.113. The molecule has 3 N–H and O–H groups in total. The zero-order chi connectivity index (χ0) is 21.3. The molecule has 1 saturated heterocycles. The highest BCUT2D eigenvalue weighted by atomic mass is 127. The highest BCUT2D eigenvalue weighted by Gasteiger charge is 2.24. The van der Waals surface area contributed by atoms with Gasteiger partial charge in [-0.1, -0.05) is 6.07 Å². The fourth-order valence-electron chi connectivity index (χ4n) is 2.96. The number of carbonyl (C=O) groups excluding carboxylic acids is 1. The molecule has 172 valence electrons. The summed E-state index contributed by atoms with van der Waals surface area (Å²) < 4.78 is 29.8. The Morgan fingerprint density at radius 3 is 2.67 bits per heavy atom. The number of rotatable bonds is 8. The van der Waals surface area contributed by atoms with Crippen LogP contribution in [0.2, 0.25) is 0 Å². The predicted octanol–water partition coefficient (Wildman–Crippen LogP) is 1.68. The van der Waals surface area contributed by atoms with E-state index in [1.165, 1.54) is 6.07 Å². The van der Waals surface area contributed by atoms with Crippen molar-refractivity contribution in [3.63, 3.8) is 0 Å². The van der Waals surface area contributed by atoms with Gasteiger partial charge in [-0.05, 0) is 38.1 Å². The molecule has 1 aliphatic heterocycles. The molecular weight excluding hydrogens is 543 g/mol. The number of nitrogens with zero attached hydrogens (tertiary/aromatic N) is 2. The lowest BCUT2D eigenvalue weighted by atomic mass is 10.1. The van der Waals surface area contributed by atoms with Crippen molar-refractivity contribution in [1.29, 1.82) is 0 Å². The van der Waals surface area contributed by atoms with Crippen LogP contribution in [-0.2, 0) is 14.6 Å². The van der Waals surface area contributed by atoms with Crippen LogP contribution < -0.4 is 10.6 Å². The normalized spacial score (nSPS) is 16.5. The predicted molar refractivity (Wildman–Crippen MR) is 129 cm³/mol. The highest BCUT2D eigenvalue weighted by molar-refractivity contribution is 14.0. The minimum Gasteiger partial charge on any atom is -0.450 e. The van der Waals surface area contributed by atoms with Crippen molar-refractivity contribution in [3.8, 4) is 0 Å². The van der Waals surface area contributed by atoms with Crippen LogP contribution in [0.4, 0.5) is 4.79 Å². The number of carbonyl (C=O) groups is 1. The molecule has 12 heteroatoms. The lowest BCUT2D eigenvalue weighted by Gasteiger charge is -2.32. The minimum atomic E-state index is -3.51. The molecule has 30 heavy (non-hydrogen) atoms. The SMILES string of the molecule is CCNC(=NCC(O)CS(=O)(=O)c1cccs1)NC1CCN(C(=O)OCC)CC1.I. The average molecular weight is 575 g/mol. The molecule has 1 aliphatic rings. The maximum absolute atomic E-state index is 12.3. The third-order valence-electron chi connectivity index (χ3n) is 4.38. The Kier molecular flexibility index (Phi) is 12.0. The van der Waals surface area contributed by atoms with E-state index in [1.807, 2.05) is 6.92 Å². The highest BCUT2D eigenvalue weighted by Crippen LogP contribution is 2.18. The minimum absolute atomic E-state index is 0. The maximum atomic E-state index is 12.3. The van der Waals surface area contributed by atoms with Gasteiger partial charge in [-0.2, -0.15) is 0 Å². The molecule has 1 amide bonds. The van der Waals surface area contributed by atoms with Crippen molar-refractivity contribution in [2.75, 3.05) is 38.5 Å². The number of amides is 1. The number of halogens is 1. The van der Waals surface area contributed by atoms with Gasteiger partial charge in [0.25, 0.3) is 0 Å². The number of likely N-dealkylation sites (tertiary alicyclic amines) is 1. The van der Waals surface area contributed by atoms with Crippen LogP contribution in [0.15, 0.2) is 26.7 Å². The van der Waals surface area contributed by atoms with Crippen LogP contribution in [0.5, 0.6) is 0 Å². The molecule has 0 saturated carbocycles. The first-order chi connectivity index (χ1) is 13.9. The lowest BCUT2D eigenvalue weighted by molar-refractivity contribution is 0.0963. The Bertz CT molecular complexity index is 766. The molecule has 1 atom stereocenters. The van der Waals surface area contributed by atoms with E-state index in [-0.39, 0.29) is 52.6 Å². The molecule has 0 bridgehead atoms. The van der Waals surface area contributed by atoms with Crippen molar-refractivity contribution in [1.82, 2.24) is 15.5 Å². The Morgan fingerprint density at radius 1 is 1.40 bits per heavy atom. The number of thiophene rings is 1. The summed E-state index contributed by atoms with van der Waals surface area (Å²) in [6.45, 7) is 5.87. The molecule has 2 rings (SSSR count). The van der Waals surface area contributed by atoms with E-state index < -0.39 is 15.9 Å². The third kappa shape index (κ3) is 8.55. The van der Waals surface area contributed by atoms with Gasteiger partial charge in [0.2, 0.25) is 0 Å². The molecule has 1 aromatic heterocycles. The molecule has 1 fully saturated rings. The van der Waals surface area contributed by atoms with Crippen molar-refractivity contribution < 1.29 is 23.1 Å². The number of hydrogen-bond donors (Lipinski definition) is 3. The second-order valence-corrected chi connectivity index (χ2v) is 9.90. The summed E-state index contributed by atoms with van der Waals surface area (Å²) in [5.74, 6) is 0.156.